The molecule has 1 aliphatic heterocycles. The molecule has 0 aromatic heterocycles. The van der Waals surface area contributed by atoms with E-state index in [0.717, 1.165) is 32.1 Å². The van der Waals surface area contributed by atoms with Gasteiger partial charge in [-0.3, -0.25) is 10.1 Å². The molecule has 0 radical (unpaired) electrons. The first-order valence-electron chi connectivity index (χ1n) is 9.40. The van der Waals surface area contributed by atoms with Gasteiger partial charge < -0.3 is 4.90 Å². The van der Waals surface area contributed by atoms with Crippen molar-refractivity contribution in [3.05, 3.63) is 27.8 Å². The number of anilines is 1. The largest absolute Gasteiger partial charge is 0.369 e. The summed E-state index contributed by atoms with van der Waals surface area (Å²) in [5.74, 6) is 2.47. The molecule has 7 nitrogen and oxygen atoms in total. The maximum absolute atomic E-state index is 13.4. The van der Waals surface area contributed by atoms with Crippen LogP contribution in [0.15, 0.2) is 17.0 Å². The monoisotopic (exact) mass is 393 g/mol. The van der Waals surface area contributed by atoms with E-state index in [1.54, 1.807) is 0 Å². The first-order chi connectivity index (χ1) is 12.9. The van der Waals surface area contributed by atoms with Gasteiger partial charge in [-0.15, -0.1) is 6.42 Å². The van der Waals surface area contributed by atoms with Crippen LogP contribution in [0.5, 0.6) is 0 Å². The molecule has 1 aromatic carbocycles. The maximum Gasteiger partial charge on any atom is 0.272 e. The summed E-state index contributed by atoms with van der Waals surface area (Å²) >= 11 is 0. The Kier molecular flexibility index (Phi) is 7.22. The van der Waals surface area contributed by atoms with E-state index in [0.29, 0.717) is 31.9 Å². The maximum atomic E-state index is 13.4. The van der Waals surface area contributed by atoms with Crippen LogP contribution in [0.4, 0.5) is 11.4 Å². The third-order valence-corrected chi connectivity index (χ3v) is 6.57. The molecular weight excluding hydrogens is 366 g/mol. The van der Waals surface area contributed by atoms with Gasteiger partial charge in [0.25, 0.3) is 5.69 Å². The van der Waals surface area contributed by atoms with Gasteiger partial charge in [0.2, 0.25) is 10.0 Å². The highest BCUT2D eigenvalue weighted by atomic mass is 32.2. The molecule has 1 heterocycles. The molecular formula is C19H27N3O4S. The van der Waals surface area contributed by atoms with Gasteiger partial charge in [-0.1, -0.05) is 26.2 Å². The van der Waals surface area contributed by atoms with Gasteiger partial charge in [0.15, 0.2) is 0 Å². The van der Waals surface area contributed by atoms with Crippen molar-refractivity contribution < 1.29 is 13.3 Å². The first-order valence-corrected chi connectivity index (χ1v) is 10.8. The number of terminal acetylenes is 1. The van der Waals surface area contributed by atoms with E-state index >= 15 is 0 Å². The number of nitrogens with zero attached hydrogens (tertiary/aromatic N) is 3. The number of benzene rings is 1. The van der Waals surface area contributed by atoms with E-state index in [4.69, 9.17) is 6.42 Å². The van der Waals surface area contributed by atoms with Crippen molar-refractivity contribution in [2.75, 3.05) is 31.1 Å². The van der Waals surface area contributed by atoms with Crippen molar-refractivity contribution in [3.8, 4) is 12.3 Å². The minimum absolute atomic E-state index is 0.0477. The Morgan fingerprint density at radius 2 is 1.78 bits per heavy atom. The van der Waals surface area contributed by atoms with Gasteiger partial charge >= 0.3 is 0 Å². The lowest BCUT2D eigenvalue weighted by Crippen LogP contribution is -2.37. The molecule has 1 saturated heterocycles. The van der Waals surface area contributed by atoms with E-state index in [1.165, 1.54) is 16.4 Å². The van der Waals surface area contributed by atoms with E-state index in [-0.39, 0.29) is 16.1 Å². The Morgan fingerprint density at radius 1 is 1.19 bits per heavy atom. The van der Waals surface area contributed by atoms with Crippen LogP contribution in [0.3, 0.4) is 0 Å². The number of nitro groups is 1. The van der Waals surface area contributed by atoms with Crippen molar-refractivity contribution in [3.63, 3.8) is 0 Å². The van der Waals surface area contributed by atoms with Crippen molar-refractivity contribution in [1.82, 2.24) is 4.31 Å². The average Bonchev–Trinajstić information content (AvgIpc) is 2.67. The lowest BCUT2D eigenvalue weighted by Gasteiger charge is -2.31. The molecule has 148 valence electrons. The molecule has 1 fully saturated rings. The SMILES string of the molecule is C#Cc1cc([N+](=O)[O-])cc(S(=O)(=O)N2CCCCC2)c1N(CCC)CCC. The molecule has 1 aliphatic rings. The highest BCUT2D eigenvalue weighted by molar-refractivity contribution is 7.89. The van der Waals surface area contributed by atoms with Gasteiger partial charge in [-0.2, -0.15) is 4.31 Å². The lowest BCUT2D eigenvalue weighted by atomic mass is 10.1. The van der Waals surface area contributed by atoms with Crippen molar-refractivity contribution in [1.29, 1.82) is 0 Å². The molecule has 0 aliphatic carbocycles. The molecule has 0 saturated carbocycles. The highest BCUT2D eigenvalue weighted by Gasteiger charge is 2.33. The fourth-order valence-corrected chi connectivity index (χ4v) is 5.22. The average molecular weight is 394 g/mol. The summed E-state index contributed by atoms with van der Waals surface area (Å²) < 4.78 is 28.2. The first kappa shape index (κ1) is 21.2. The van der Waals surface area contributed by atoms with Gasteiger partial charge in [0, 0.05) is 38.3 Å². The van der Waals surface area contributed by atoms with Gasteiger partial charge in [0.05, 0.1) is 16.2 Å². The second-order valence-electron chi connectivity index (χ2n) is 6.69. The van der Waals surface area contributed by atoms with Gasteiger partial charge in [0.1, 0.15) is 4.90 Å². The van der Waals surface area contributed by atoms with Crippen LogP contribution in [0.1, 0.15) is 51.5 Å². The molecule has 0 bridgehead atoms. The molecule has 0 amide bonds. The summed E-state index contributed by atoms with van der Waals surface area (Å²) in [5, 5.41) is 11.4. The Hall–Kier alpha value is -2.11. The summed E-state index contributed by atoms with van der Waals surface area (Å²) in [4.78, 5) is 12.7. The van der Waals surface area contributed by atoms with Crippen LogP contribution in [-0.2, 0) is 10.0 Å². The number of hydrogen-bond acceptors (Lipinski definition) is 5. The van der Waals surface area contributed by atoms with E-state index in [2.05, 4.69) is 5.92 Å². The zero-order valence-electron chi connectivity index (χ0n) is 16.0. The Labute approximate surface area is 161 Å². The standard InChI is InChI=1S/C19H27N3O4S/c1-4-10-20(11-5-2)19-16(6-3)14-17(22(23)24)15-18(19)27(25,26)21-12-8-7-9-13-21/h3,14-15H,4-5,7-13H2,1-2H3. The van der Waals surface area contributed by atoms with Crippen LogP contribution >= 0.6 is 0 Å². The molecule has 8 heteroatoms. The number of sulfonamides is 1. The smallest absolute Gasteiger partial charge is 0.272 e. The fourth-order valence-electron chi connectivity index (χ4n) is 3.45. The van der Waals surface area contributed by atoms with Crippen LogP contribution in [0.2, 0.25) is 0 Å². The van der Waals surface area contributed by atoms with E-state index in [9.17, 15) is 18.5 Å². The highest BCUT2D eigenvalue weighted by Crippen LogP contribution is 2.36. The molecule has 0 atom stereocenters. The van der Waals surface area contributed by atoms with Crippen LogP contribution < -0.4 is 4.90 Å². The molecule has 0 unspecified atom stereocenters. The van der Waals surface area contributed by atoms with E-state index < -0.39 is 14.9 Å². The third kappa shape index (κ3) is 4.60. The second-order valence-corrected chi connectivity index (χ2v) is 8.60. The van der Waals surface area contributed by atoms with Gasteiger partial charge in [-0.05, 0) is 25.7 Å². The van der Waals surface area contributed by atoms with Crippen LogP contribution in [0.25, 0.3) is 0 Å². The number of hydrogen-bond donors (Lipinski definition) is 0. The number of rotatable bonds is 8. The second kappa shape index (κ2) is 9.20. The summed E-state index contributed by atoms with van der Waals surface area (Å²) in [7, 11) is -3.87. The topological polar surface area (TPSA) is 83.8 Å². The van der Waals surface area contributed by atoms with Crippen molar-refractivity contribution >= 4 is 21.4 Å². The fraction of sp³-hybridized carbons (Fsp3) is 0.579. The Balaban J connectivity index is 2.73. The van der Waals surface area contributed by atoms with Crippen LogP contribution in [0, 0.1) is 22.5 Å². The predicted molar refractivity (Wildman–Crippen MR) is 106 cm³/mol. The molecule has 27 heavy (non-hydrogen) atoms. The van der Waals surface area contributed by atoms with Crippen molar-refractivity contribution in [2.24, 2.45) is 0 Å². The molecule has 2 rings (SSSR count). The quantitative estimate of drug-likeness (QED) is 0.384. The normalized spacial score (nSPS) is 15.3. The zero-order valence-corrected chi connectivity index (χ0v) is 16.8. The lowest BCUT2D eigenvalue weighted by molar-refractivity contribution is -0.385. The van der Waals surface area contributed by atoms with Gasteiger partial charge in [-0.25, -0.2) is 8.42 Å². The molecule has 0 spiro atoms. The predicted octanol–water partition coefficient (Wildman–Crippen LogP) is 3.38. The zero-order chi connectivity index (χ0) is 20.0. The summed E-state index contributed by atoms with van der Waals surface area (Å²) in [6.45, 7) is 6.12. The minimum atomic E-state index is -3.87. The van der Waals surface area contributed by atoms with Crippen molar-refractivity contribution in [2.45, 2.75) is 50.8 Å². The number of nitro benzene ring substituents is 1. The minimum Gasteiger partial charge on any atom is -0.369 e. The Bertz CT molecular complexity index is 818. The Morgan fingerprint density at radius 3 is 2.26 bits per heavy atom. The summed E-state index contributed by atoms with van der Waals surface area (Å²) in [6.07, 6.45) is 9.82. The van der Waals surface area contributed by atoms with Crippen LogP contribution in [-0.4, -0.2) is 43.8 Å². The third-order valence-electron chi connectivity index (χ3n) is 4.66. The number of non-ortho nitro benzene ring substituents is 1. The van der Waals surface area contributed by atoms with E-state index in [1.807, 2.05) is 18.7 Å². The number of piperidine rings is 1. The molecule has 1 aromatic rings. The summed E-state index contributed by atoms with van der Waals surface area (Å²) in [5.41, 5.74) is 0.370. The summed E-state index contributed by atoms with van der Waals surface area (Å²) in [6, 6.07) is 2.46. The molecule has 0 N–H and O–H groups in total.